The maximum absolute atomic E-state index is 13.7. The van der Waals surface area contributed by atoms with Crippen LogP contribution in [0.3, 0.4) is 0 Å². The molecule has 13 heteroatoms. The monoisotopic (exact) mass is 674 g/mol. The van der Waals surface area contributed by atoms with Crippen molar-refractivity contribution in [1.82, 2.24) is 35.9 Å². The Kier molecular flexibility index (Phi) is 11.0. The lowest BCUT2D eigenvalue weighted by molar-refractivity contribution is -0.130. The van der Waals surface area contributed by atoms with E-state index in [4.69, 9.17) is 10.5 Å². The summed E-state index contributed by atoms with van der Waals surface area (Å²) in [7, 11) is 3.76. The van der Waals surface area contributed by atoms with Crippen molar-refractivity contribution in [3.63, 3.8) is 0 Å². The summed E-state index contributed by atoms with van der Waals surface area (Å²) in [4.78, 5) is 38.2. The van der Waals surface area contributed by atoms with Gasteiger partial charge in [-0.2, -0.15) is 10.2 Å². The van der Waals surface area contributed by atoms with Crippen LogP contribution in [0.15, 0.2) is 85.1 Å². The Morgan fingerprint density at radius 1 is 0.940 bits per heavy atom. The number of anilines is 2. The molecule has 2 aromatic heterocycles. The molecule has 258 valence electrons. The van der Waals surface area contributed by atoms with Gasteiger partial charge in [0.2, 0.25) is 29.5 Å². The Balaban J connectivity index is 1.19. The number of aromatic nitrogens is 6. The van der Waals surface area contributed by atoms with Crippen LogP contribution in [0.5, 0.6) is 5.88 Å². The highest BCUT2D eigenvalue weighted by Gasteiger charge is 2.29. The van der Waals surface area contributed by atoms with E-state index in [1.807, 2.05) is 73.6 Å². The predicted molar refractivity (Wildman–Crippen MR) is 191 cm³/mol. The van der Waals surface area contributed by atoms with E-state index in [9.17, 15) is 9.59 Å². The number of H-pyrrole nitrogens is 1. The fourth-order valence-electron chi connectivity index (χ4n) is 6.04. The lowest BCUT2D eigenvalue weighted by Gasteiger charge is -2.28. The number of benzene rings is 3. The third-order valence-electron chi connectivity index (χ3n) is 9.00. The van der Waals surface area contributed by atoms with Gasteiger partial charge in [0.1, 0.15) is 12.6 Å². The topological polar surface area (TPSA) is 177 Å². The third-order valence-corrected chi connectivity index (χ3v) is 9.00. The molecule has 13 nitrogen and oxygen atoms in total. The van der Waals surface area contributed by atoms with Crippen LogP contribution in [-0.2, 0) is 22.6 Å². The van der Waals surface area contributed by atoms with Crippen molar-refractivity contribution in [2.45, 2.75) is 44.8 Å². The summed E-state index contributed by atoms with van der Waals surface area (Å²) < 4.78 is 6.20. The van der Waals surface area contributed by atoms with Crippen LogP contribution in [0.1, 0.15) is 36.8 Å². The number of aromatic amines is 1. The molecule has 0 aliphatic heterocycles. The number of rotatable bonds is 13. The standard InChI is InChI=1S/C37H42N10O3/c1-47(2)37-39-22-31(36(42-37)50-23-26-6-4-3-5-7-26)27-12-8-24(9-13-27)20-32(41-34(48)29-14-10-25(21-38)11-15-29)35(49)40-30-18-16-28(17-19-30)33-43-45-46-44-33/h3-9,12-13,16-19,22,25,29,32H,10-11,14-15,20-21,23,38H2,1-2H3,(H,40,49)(H,41,48)(H,43,44,45,46)/t25?,29?,32-/m0/s1. The number of nitrogens with two attached hydrogens (primary N) is 1. The van der Waals surface area contributed by atoms with Gasteiger partial charge >= 0.3 is 0 Å². The van der Waals surface area contributed by atoms with Crippen LogP contribution in [0.4, 0.5) is 11.6 Å². The molecule has 1 saturated carbocycles. The summed E-state index contributed by atoms with van der Waals surface area (Å²) in [5.74, 6) is 1.34. The Labute approximate surface area is 291 Å². The number of carbonyl (C=O) groups excluding carboxylic acids is 2. The molecule has 1 aliphatic rings. The highest BCUT2D eigenvalue weighted by molar-refractivity contribution is 5.97. The fraction of sp³-hybridized carbons (Fsp3) is 0.324. The van der Waals surface area contributed by atoms with Crippen molar-refractivity contribution in [2.24, 2.45) is 17.6 Å². The molecule has 2 heterocycles. The molecule has 1 fully saturated rings. The molecular weight excluding hydrogens is 632 g/mol. The Morgan fingerprint density at radius 3 is 2.32 bits per heavy atom. The molecule has 0 saturated heterocycles. The van der Waals surface area contributed by atoms with Crippen LogP contribution < -0.4 is 26.0 Å². The van der Waals surface area contributed by atoms with Gasteiger partial charge in [-0.1, -0.05) is 54.6 Å². The largest absolute Gasteiger partial charge is 0.472 e. The van der Waals surface area contributed by atoms with Crippen molar-refractivity contribution in [1.29, 1.82) is 0 Å². The summed E-state index contributed by atoms with van der Waals surface area (Å²) in [6.07, 6.45) is 5.41. The number of ether oxygens (including phenoxy) is 1. The normalized spacial score (nSPS) is 16.3. The minimum Gasteiger partial charge on any atom is -0.472 e. The number of nitrogens with one attached hydrogen (secondary N) is 3. The van der Waals surface area contributed by atoms with Gasteiger partial charge in [-0.05, 0) is 84.3 Å². The zero-order chi connectivity index (χ0) is 34.9. The van der Waals surface area contributed by atoms with E-state index < -0.39 is 6.04 Å². The number of hydrogen-bond acceptors (Lipinski definition) is 10. The van der Waals surface area contributed by atoms with E-state index >= 15 is 0 Å². The van der Waals surface area contributed by atoms with Gasteiger partial charge in [0.05, 0.1) is 5.56 Å². The van der Waals surface area contributed by atoms with E-state index in [0.717, 1.165) is 53.5 Å². The van der Waals surface area contributed by atoms with Gasteiger partial charge in [-0.3, -0.25) is 9.59 Å². The second-order valence-electron chi connectivity index (χ2n) is 12.8. The van der Waals surface area contributed by atoms with Crippen molar-refractivity contribution in [3.8, 4) is 28.4 Å². The third kappa shape index (κ3) is 8.66. The second kappa shape index (κ2) is 16.1. The molecule has 1 atom stereocenters. The predicted octanol–water partition coefficient (Wildman–Crippen LogP) is 4.40. The van der Waals surface area contributed by atoms with Crippen LogP contribution in [-0.4, -0.2) is 69.1 Å². The van der Waals surface area contributed by atoms with Crippen LogP contribution in [0.2, 0.25) is 0 Å². The first kappa shape index (κ1) is 34.2. The molecule has 5 aromatic rings. The van der Waals surface area contributed by atoms with E-state index in [1.165, 1.54) is 0 Å². The number of hydrogen-bond donors (Lipinski definition) is 4. The van der Waals surface area contributed by atoms with E-state index in [1.54, 1.807) is 30.5 Å². The van der Waals surface area contributed by atoms with Gasteiger partial charge in [-0.15, -0.1) is 10.2 Å². The maximum Gasteiger partial charge on any atom is 0.247 e. The van der Waals surface area contributed by atoms with E-state index in [-0.39, 0.29) is 17.7 Å². The van der Waals surface area contributed by atoms with Crippen LogP contribution in [0.25, 0.3) is 22.5 Å². The first-order chi connectivity index (χ1) is 24.4. The molecule has 2 amide bonds. The molecule has 1 aliphatic carbocycles. The van der Waals surface area contributed by atoms with E-state index in [0.29, 0.717) is 48.8 Å². The number of amides is 2. The molecule has 3 aromatic carbocycles. The average molecular weight is 675 g/mol. The number of nitrogens with zero attached hydrogens (tertiary/aromatic N) is 6. The molecule has 0 bridgehead atoms. The molecule has 6 rings (SSSR count). The smallest absolute Gasteiger partial charge is 0.247 e. The first-order valence-electron chi connectivity index (χ1n) is 16.8. The Bertz CT molecular complexity index is 1840. The molecule has 50 heavy (non-hydrogen) atoms. The average Bonchev–Trinajstić information content (AvgIpc) is 3.70. The zero-order valence-electron chi connectivity index (χ0n) is 28.3. The first-order valence-corrected chi connectivity index (χ1v) is 16.8. The summed E-state index contributed by atoms with van der Waals surface area (Å²) in [6, 6.07) is 24.1. The molecule has 0 unspecified atom stereocenters. The lowest BCUT2D eigenvalue weighted by Crippen LogP contribution is -2.48. The van der Waals surface area contributed by atoms with Gasteiger partial charge in [-0.25, -0.2) is 4.98 Å². The summed E-state index contributed by atoms with van der Waals surface area (Å²) in [5.41, 5.74) is 10.7. The van der Waals surface area contributed by atoms with Crippen molar-refractivity contribution in [2.75, 3.05) is 30.9 Å². The summed E-state index contributed by atoms with van der Waals surface area (Å²) in [6.45, 7) is 0.993. The quantitative estimate of drug-likeness (QED) is 0.140. The van der Waals surface area contributed by atoms with Crippen LogP contribution in [0, 0.1) is 11.8 Å². The van der Waals surface area contributed by atoms with Crippen LogP contribution >= 0.6 is 0 Å². The molecule has 0 radical (unpaired) electrons. The number of carbonyl (C=O) groups is 2. The number of tetrazole rings is 1. The zero-order valence-corrected chi connectivity index (χ0v) is 28.3. The fourth-order valence-corrected chi connectivity index (χ4v) is 6.04. The lowest BCUT2D eigenvalue weighted by atomic mass is 9.81. The highest BCUT2D eigenvalue weighted by Crippen LogP contribution is 2.31. The molecule has 5 N–H and O–H groups in total. The van der Waals surface area contributed by atoms with Gasteiger partial charge in [0, 0.05) is 43.9 Å². The summed E-state index contributed by atoms with van der Waals surface area (Å²) in [5, 5.41) is 20.1. The second-order valence-corrected chi connectivity index (χ2v) is 12.8. The minimum absolute atomic E-state index is 0.108. The van der Waals surface area contributed by atoms with Gasteiger partial charge in [0.15, 0.2) is 0 Å². The minimum atomic E-state index is -0.801. The van der Waals surface area contributed by atoms with E-state index in [2.05, 4.69) is 41.2 Å². The summed E-state index contributed by atoms with van der Waals surface area (Å²) >= 11 is 0. The maximum atomic E-state index is 13.7. The molecule has 0 spiro atoms. The Morgan fingerprint density at radius 2 is 1.66 bits per heavy atom. The van der Waals surface area contributed by atoms with Crippen molar-refractivity contribution in [3.05, 3.63) is 96.2 Å². The Hall–Kier alpha value is -5.69. The van der Waals surface area contributed by atoms with Crippen molar-refractivity contribution < 1.29 is 14.3 Å². The highest BCUT2D eigenvalue weighted by atomic mass is 16.5. The van der Waals surface area contributed by atoms with Gasteiger partial charge < -0.3 is 26.0 Å². The molecular formula is C37H42N10O3. The SMILES string of the molecule is CN(C)c1ncc(-c2ccc(C[C@H](NC(=O)C3CCC(CN)CC3)C(=O)Nc3ccc(-c4nn[nH]n4)cc3)cc2)c(OCc2ccccc2)n1. The van der Waals surface area contributed by atoms with Gasteiger partial charge in [0.25, 0.3) is 0 Å². The van der Waals surface area contributed by atoms with Crippen molar-refractivity contribution >= 4 is 23.5 Å².